The van der Waals surface area contributed by atoms with Crippen LogP contribution in [0.15, 0.2) is 17.0 Å². The second-order valence-corrected chi connectivity index (χ2v) is 6.89. The normalized spacial score (nSPS) is 13.9. The molecule has 1 unspecified atom stereocenters. The first-order valence-corrected chi connectivity index (χ1v) is 7.59. The summed E-state index contributed by atoms with van der Waals surface area (Å²) in [5, 5.41) is 0.315. The summed E-state index contributed by atoms with van der Waals surface area (Å²) in [5.74, 6) is 0.205. The average Bonchev–Trinajstić information content (AvgIpc) is 2.22. The van der Waals surface area contributed by atoms with Crippen molar-refractivity contribution >= 4 is 27.3 Å². The summed E-state index contributed by atoms with van der Waals surface area (Å²) < 4.78 is 27.1. The minimum atomic E-state index is -3.59. The summed E-state index contributed by atoms with van der Waals surface area (Å²) in [6.07, 6.45) is 0. The first-order chi connectivity index (χ1) is 8.15. The van der Waals surface area contributed by atoms with Crippen molar-refractivity contribution in [2.45, 2.75) is 38.6 Å². The number of nitrogens with one attached hydrogen (secondary N) is 1. The molecule has 1 aromatic rings. The van der Waals surface area contributed by atoms with E-state index in [2.05, 4.69) is 4.72 Å². The summed E-state index contributed by atoms with van der Waals surface area (Å²) in [6.45, 7) is 7.39. The number of sulfonamides is 1. The zero-order valence-corrected chi connectivity index (χ0v) is 12.6. The zero-order chi connectivity index (χ0) is 14.1. The van der Waals surface area contributed by atoms with Gasteiger partial charge in [-0.3, -0.25) is 0 Å². The molecule has 0 aliphatic carbocycles. The molecule has 0 aromatic heterocycles. The van der Waals surface area contributed by atoms with Crippen LogP contribution < -0.4 is 10.5 Å². The number of hydrogen-bond acceptors (Lipinski definition) is 3. The van der Waals surface area contributed by atoms with E-state index in [1.807, 2.05) is 20.8 Å². The van der Waals surface area contributed by atoms with Gasteiger partial charge in [0.2, 0.25) is 10.0 Å². The maximum Gasteiger partial charge on any atom is 0.241 e. The van der Waals surface area contributed by atoms with Gasteiger partial charge in [0.15, 0.2) is 0 Å². The third-order valence-corrected chi connectivity index (χ3v) is 4.90. The van der Waals surface area contributed by atoms with Crippen LogP contribution in [0, 0.1) is 12.8 Å². The van der Waals surface area contributed by atoms with Crippen molar-refractivity contribution in [3.63, 3.8) is 0 Å². The third kappa shape index (κ3) is 3.37. The Morgan fingerprint density at radius 1 is 1.28 bits per heavy atom. The SMILES string of the molecule is Cc1c(N)cc(Cl)cc1S(=O)(=O)NC(C)C(C)C. The molecule has 4 nitrogen and oxygen atoms in total. The molecule has 0 aliphatic heterocycles. The van der Waals surface area contributed by atoms with Gasteiger partial charge >= 0.3 is 0 Å². The standard InChI is InChI=1S/C12H19ClN2O2S/c1-7(2)9(4)15-18(16,17)12-6-10(13)5-11(14)8(12)3/h5-7,9,15H,14H2,1-4H3. The lowest BCUT2D eigenvalue weighted by Gasteiger charge is -2.19. The Morgan fingerprint density at radius 3 is 2.33 bits per heavy atom. The molecular formula is C12H19ClN2O2S. The highest BCUT2D eigenvalue weighted by Gasteiger charge is 2.22. The van der Waals surface area contributed by atoms with Gasteiger partial charge in [0.1, 0.15) is 0 Å². The van der Waals surface area contributed by atoms with Crippen LogP contribution in [0.1, 0.15) is 26.3 Å². The van der Waals surface area contributed by atoms with Crippen molar-refractivity contribution in [2.75, 3.05) is 5.73 Å². The monoisotopic (exact) mass is 290 g/mol. The van der Waals surface area contributed by atoms with E-state index in [4.69, 9.17) is 17.3 Å². The Morgan fingerprint density at radius 2 is 1.83 bits per heavy atom. The van der Waals surface area contributed by atoms with Gasteiger partial charge < -0.3 is 5.73 Å². The minimum absolute atomic E-state index is 0.139. The molecular weight excluding hydrogens is 272 g/mol. The summed E-state index contributed by atoms with van der Waals surface area (Å²) in [7, 11) is -3.59. The quantitative estimate of drug-likeness (QED) is 0.837. The van der Waals surface area contributed by atoms with E-state index in [-0.39, 0.29) is 16.9 Å². The number of anilines is 1. The topological polar surface area (TPSA) is 72.2 Å². The number of rotatable bonds is 4. The number of benzene rings is 1. The lowest BCUT2D eigenvalue weighted by atomic mass is 10.1. The van der Waals surface area contributed by atoms with Crippen molar-refractivity contribution in [3.8, 4) is 0 Å². The number of halogens is 1. The molecule has 0 radical (unpaired) electrons. The summed E-state index contributed by atoms with van der Waals surface area (Å²) in [6, 6.07) is 2.80. The highest BCUT2D eigenvalue weighted by molar-refractivity contribution is 7.89. The van der Waals surface area contributed by atoms with E-state index in [0.29, 0.717) is 16.3 Å². The molecule has 0 heterocycles. The molecule has 0 saturated heterocycles. The van der Waals surface area contributed by atoms with Crippen molar-refractivity contribution in [1.29, 1.82) is 0 Å². The second-order valence-electron chi connectivity index (χ2n) is 4.77. The first kappa shape index (κ1) is 15.3. The maximum atomic E-state index is 12.2. The van der Waals surface area contributed by atoms with Gasteiger partial charge in [-0.1, -0.05) is 25.4 Å². The lowest BCUT2D eigenvalue weighted by molar-refractivity contribution is 0.476. The highest BCUT2D eigenvalue weighted by atomic mass is 35.5. The summed E-state index contributed by atoms with van der Waals surface area (Å²) >= 11 is 5.86. The Balaban J connectivity index is 3.21. The molecule has 0 saturated carbocycles. The van der Waals surface area contributed by atoms with Gasteiger partial charge in [0.25, 0.3) is 0 Å². The van der Waals surface area contributed by atoms with Gasteiger partial charge in [-0.25, -0.2) is 13.1 Å². The van der Waals surface area contributed by atoms with Crippen LogP contribution >= 0.6 is 11.6 Å². The molecule has 0 aliphatic rings. The molecule has 18 heavy (non-hydrogen) atoms. The van der Waals surface area contributed by atoms with Gasteiger partial charge in [-0.15, -0.1) is 0 Å². The second kappa shape index (κ2) is 5.47. The van der Waals surface area contributed by atoms with Crippen LogP contribution in [0.3, 0.4) is 0 Å². The molecule has 1 rings (SSSR count). The fourth-order valence-corrected chi connectivity index (χ4v) is 3.38. The average molecular weight is 291 g/mol. The van der Waals surface area contributed by atoms with Gasteiger partial charge in [-0.05, 0) is 37.5 Å². The largest absolute Gasteiger partial charge is 0.398 e. The number of hydrogen-bond donors (Lipinski definition) is 2. The number of nitrogens with two attached hydrogens (primary N) is 1. The van der Waals surface area contributed by atoms with Crippen LogP contribution in [0.2, 0.25) is 5.02 Å². The Kier molecular flexibility index (Phi) is 4.64. The Hall–Kier alpha value is -0.780. The van der Waals surface area contributed by atoms with E-state index >= 15 is 0 Å². The molecule has 6 heteroatoms. The Labute approximate surface area is 114 Å². The molecule has 3 N–H and O–H groups in total. The van der Waals surface area contributed by atoms with E-state index in [9.17, 15) is 8.42 Å². The third-order valence-electron chi connectivity index (χ3n) is 3.00. The Bertz CT molecular complexity index is 541. The lowest BCUT2D eigenvalue weighted by Crippen LogP contribution is -2.36. The summed E-state index contributed by atoms with van der Waals surface area (Å²) in [4.78, 5) is 0.139. The molecule has 0 spiro atoms. The molecule has 1 aromatic carbocycles. The molecule has 0 bridgehead atoms. The van der Waals surface area contributed by atoms with Gasteiger partial charge in [-0.2, -0.15) is 0 Å². The maximum absolute atomic E-state index is 12.2. The fourth-order valence-electron chi connectivity index (χ4n) is 1.40. The van der Waals surface area contributed by atoms with Crippen molar-refractivity contribution in [1.82, 2.24) is 4.72 Å². The molecule has 1 atom stereocenters. The van der Waals surface area contributed by atoms with Crippen molar-refractivity contribution < 1.29 is 8.42 Å². The fraction of sp³-hybridized carbons (Fsp3) is 0.500. The van der Waals surface area contributed by atoms with Crippen LogP contribution in [-0.2, 0) is 10.0 Å². The number of nitrogen functional groups attached to an aromatic ring is 1. The predicted octanol–water partition coefficient (Wildman–Crippen LogP) is 2.55. The van der Waals surface area contributed by atoms with E-state index in [0.717, 1.165) is 0 Å². The predicted molar refractivity (Wildman–Crippen MR) is 75.2 cm³/mol. The molecule has 0 amide bonds. The minimum Gasteiger partial charge on any atom is -0.398 e. The molecule has 0 fully saturated rings. The first-order valence-electron chi connectivity index (χ1n) is 5.73. The summed E-state index contributed by atoms with van der Waals surface area (Å²) in [5.41, 5.74) is 6.62. The zero-order valence-electron chi connectivity index (χ0n) is 11.0. The van der Waals surface area contributed by atoms with Gasteiger partial charge in [0, 0.05) is 16.8 Å². The van der Waals surface area contributed by atoms with Crippen LogP contribution in [0.5, 0.6) is 0 Å². The molecule has 102 valence electrons. The highest BCUT2D eigenvalue weighted by Crippen LogP contribution is 2.26. The van der Waals surface area contributed by atoms with E-state index < -0.39 is 10.0 Å². The van der Waals surface area contributed by atoms with Crippen LogP contribution in [0.4, 0.5) is 5.69 Å². The smallest absolute Gasteiger partial charge is 0.241 e. The van der Waals surface area contributed by atoms with Crippen LogP contribution in [-0.4, -0.2) is 14.5 Å². The van der Waals surface area contributed by atoms with Crippen molar-refractivity contribution in [3.05, 3.63) is 22.7 Å². The van der Waals surface area contributed by atoms with Crippen molar-refractivity contribution in [2.24, 2.45) is 5.92 Å². The van der Waals surface area contributed by atoms with Gasteiger partial charge in [0.05, 0.1) is 4.90 Å². The van der Waals surface area contributed by atoms with Crippen LogP contribution in [0.25, 0.3) is 0 Å². The van der Waals surface area contributed by atoms with E-state index in [1.54, 1.807) is 13.0 Å². The van der Waals surface area contributed by atoms with E-state index in [1.165, 1.54) is 6.07 Å².